The molecular formula is C12H17NO4. The van der Waals surface area contributed by atoms with E-state index < -0.39 is 17.9 Å². The van der Waals surface area contributed by atoms with Crippen LogP contribution in [0.2, 0.25) is 0 Å². The molecule has 0 fully saturated rings. The van der Waals surface area contributed by atoms with Crippen molar-refractivity contribution in [1.29, 1.82) is 0 Å². The quantitative estimate of drug-likeness (QED) is 0.410. The highest BCUT2D eigenvalue weighted by Crippen LogP contribution is 2.18. The number of aliphatic imine (C=N–C) groups is 1. The van der Waals surface area contributed by atoms with Crippen molar-refractivity contribution in [2.75, 3.05) is 20.8 Å². The van der Waals surface area contributed by atoms with Gasteiger partial charge in [0.25, 0.3) is 0 Å². The number of allylic oxidation sites excluding steroid dienone is 1. The van der Waals surface area contributed by atoms with Crippen molar-refractivity contribution in [3.05, 3.63) is 11.6 Å². The topological polar surface area (TPSA) is 65.0 Å². The Kier molecular flexibility index (Phi) is 5.39. The van der Waals surface area contributed by atoms with Gasteiger partial charge in [-0.25, -0.2) is 0 Å². The summed E-state index contributed by atoms with van der Waals surface area (Å²) in [5.41, 5.74) is 1.19. The number of nitrogens with zero attached hydrogens (tertiary/aromatic N) is 1. The maximum absolute atomic E-state index is 11.4. The number of dihydropyridines is 1. The van der Waals surface area contributed by atoms with E-state index >= 15 is 0 Å². The smallest absolute Gasteiger partial charge is 0.320 e. The second-order valence-electron chi connectivity index (χ2n) is 3.75. The highest BCUT2D eigenvalue weighted by atomic mass is 16.5. The summed E-state index contributed by atoms with van der Waals surface area (Å²) in [4.78, 5) is 26.9. The van der Waals surface area contributed by atoms with Gasteiger partial charge in [-0.05, 0) is 12.8 Å². The molecule has 5 heteroatoms. The van der Waals surface area contributed by atoms with Crippen LogP contribution in [-0.2, 0) is 19.1 Å². The first kappa shape index (κ1) is 13.4. The predicted molar refractivity (Wildman–Crippen MR) is 62.8 cm³/mol. The fourth-order valence-corrected chi connectivity index (χ4v) is 1.67. The van der Waals surface area contributed by atoms with E-state index in [-0.39, 0.29) is 0 Å². The van der Waals surface area contributed by atoms with E-state index in [1.54, 1.807) is 0 Å². The molecule has 0 amide bonds. The van der Waals surface area contributed by atoms with Crippen LogP contribution in [0.3, 0.4) is 0 Å². The largest absolute Gasteiger partial charge is 0.468 e. The zero-order valence-electron chi connectivity index (χ0n) is 10.1. The highest BCUT2D eigenvalue weighted by Gasteiger charge is 2.28. The number of esters is 2. The van der Waals surface area contributed by atoms with Crippen molar-refractivity contribution in [3.8, 4) is 0 Å². The van der Waals surface area contributed by atoms with Gasteiger partial charge in [0.2, 0.25) is 0 Å². The molecule has 1 rings (SSSR count). The van der Waals surface area contributed by atoms with Crippen LogP contribution in [0, 0.1) is 5.92 Å². The predicted octanol–water partition coefficient (Wildman–Crippen LogP) is 1.13. The Hall–Kier alpha value is -1.65. The molecule has 17 heavy (non-hydrogen) atoms. The first-order valence-electron chi connectivity index (χ1n) is 5.51. The zero-order valence-corrected chi connectivity index (χ0v) is 10.1. The van der Waals surface area contributed by atoms with Gasteiger partial charge in [0.15, 0.2) is 5.92 Å². The van der Waals surface area contributed by atoms with Crippen molar-refractivity contribution in [2.24, 2.45) is 10.9 Å². The molecule has 0 saturated heterocycles. The van der Waals surface area contributed by atoms with E-state index in [2.05, 4.69) is 14.5 Å². The second-order valence-corrected chi connectivity index (χ2v) is 3.75. The number of hydrogen-bond acceptors (Lipinski definition) is 5. The Morgan fingerprint density at radius 2 is 2.00 bits per heavy atom. The molecule has 0 bridgehead atoms. The second kappa shape index (κ2) is 6.83. The average molecular weight is 239 g/mol. The molecule has 0 atom stereocenters. The Labute approximate surface area is 101 Å². The van der Waals surface area contributed by atoms with Crippen LogP contribution in [0.4, 0.5) is 0 Å². The molecule has 1 aliphatic rings. The number of carbonyl (C=O) groups is 2. The third-order valence-corrected chi connectivity index (χ3v) is 2.69. The third kappa shape index (κ3) is 4.01. The highest BCUT2D eigenvalue weighted by molar-refractivity contribution is 5.94. The van der Waals surface area contributed by atoms with Crippen molar-refractivity contribution < 1.29 is 19.1 Å². The number of methoxy groups -OCH3 is 2. The van der Waals surface area contributed by atoms with Gasteiger partial charge in [0.05, 0.1) is 20.8 Å². The molecule has 0 aromatic heterocycles. The van der Waals surface area contributed by atoms with Gasteiger partial charge < -0.3 is 9.47 Å². The summed E-state index contributed by atoms with van der Waals surface area (Å²) in [5.74, 6) is -1.91. The van der Waals surface area contributed by atoms with E-state index in [1.165, 1.54) is 19.8 Å². The molecular weight excluding hydrogens is 222 g/mol. The molecule has 0 unspecified atom stereocenters. The summed E-state index contributed by atoms with van der Waals surface area (Å²) >= 11 is 0. The summed E-state index contributed by atoms with van der Waals surface area (Å²) in [6.45, 7) is 0.677. The fourth-order valence-electron chi connectivity index (χ4n) is 1.67. The molecule has 1 aliphatic heterocycles. The summed E-state index contributed by atoms with van der Waals surface area (Å²) in [6.07, 6.45) is 5.75. The first-order valence-corrected chi connectivity index (χ1v) is 5.51. The van der Waals surface area contributed by atoms with Crippen molar-refractivity contribution in [1.82, 2.24) is 0 Å². The van der Waals surface area contributed by atoms with Crippen molar-refractivity contribution in [3.63, 3.8) is 0 Å². The van der Waals surface area contributed by atoms with Crippen molar-refractivity contribution >= 4 is 18.2 Å². The van der Waals surface area contributed by atoms with E-state index in [0.717, 1.165) is 6.42 Å². The van der Waals surface area contributed by atoms with E-state index in [1.807, 2.05) is 12.3 Å². The molecule has 0 aromatic rings. The standard InChI is InChI=1S/C12H17NO4/c1-16-11(14)10(12(15)17-2)4-3-9-5-7-13-8-6-9/h5,8,10H,3-4,6-7H2,1-2H3. The van der Waals surface area contributed by atoms with Crippen LogP contribution in [0.25, 0.3) is 0 Å². The Balaban J connectivity index is 2.51. The van der Waals surface area contributed by atoms with E-state index in [9.17, 15) is 9.59 Å². The summed E-state index contributed by atoms with van der Waals surface area (Å²) in [7, 11) is 2.54. The zero-order chi connectivity index (χ0) is 12.7. The van der Waals surface area contributed by atoms with Crippen LogP contribution in [0.5, 0.6) is 0 Å². The normalized spacial score (nSPS) is 14.4. The molecule has 1 heterocycles. The summed E-state index contributed by atoms with van der Waals surface area (Å²) in [6, 6.07) is 0. The SMILES string of the molecule is COC(=O)C(CCC1=CCN=CC1)C(=O)OC. The molecule has 0 radical (unpaired) electrons. The van der Waals surface area contributed by atoms with Gasteiger partial charge in [-0.3, -0.25) is 14.6 Å². The number of hydrogen-bond donors (Lipinski definition) is 0. The lowest BCUT2D eigenvalue weighted by molar-refractivity contribution is -0.159. The summed E-state index contributed by atoms with van der Waals surface area (Å²) < 4.78 is 9.18. The van der Waals surface area contributed by atoms with Gasteiger partial charge in [0.1, 0.15) is 0 Å². The fraction of sp³-hybridized carbons (Fsp3) is 0.583. The monoisotopic (exact) mass is 239 g/mol. The molecule has 0 aromatic carbocycles. The van der Waals surface area contributed by atoms with Gasteiger partial charge in [-0.2, -0.15) is 0 Å². The van der Waals surface area contributed by atoms with Crippen LogP contribution >= 0.6 is 0 Å². The molecule has 0 saturated carbocycles. The van der Waals surface area contributed by atoms with Crippen LogP contribution in [0.15, 0.2) is 16.6 Å². The lowest BCUT2D eigenvalue weighted by Gasteiger charge is -2.14. The van der Waals surface area contributed by atoms with Gasteiger partial charge >= 0.3 is 11.9 Å². The molecule has 0 aliphatic carbocycles. The van der Waals surface area contributed by atoms with Crippen LogP contribution < -0.4 is 0 Å². The van der Waals surface area contributed by atoms with Crippen LogP contribution in [0.1, 0.15) is 19.3 Å². The molecule has 0 N–H and O–H groups in total. The first-order chi connectivity index (χ1) is 8.19. The summed E-state index contributed by atoms with van der Waals surface area (Å²) in [5, 5.41) is 0. The molecule has 0 spiro atoms. The lowest BCUT2D eigenvalue weighted by Crippen LogP contribution is -2.26. The Morgan fingerprint density at radius 3 is 2.47 bits per heavy atom. The van der Waals surface area contributed by atoms with Crippen molar-refractivity contribution in [2.45, 2.75) is 19.3 Å². The molecule has 5 nitrogen and oxygen atoms in total. The van der Waals surface area contributed by atoms with Gasteiger partial charge in [0, 0.05) is 12.6 Å². The number of ether oxygens (including phenoxy) is 2. The maximum Gasteiger partial charge on any atom is 0.320 e. The lowest BCUT2D eigenvalue weighted by atomic mass is 9.97. The average Bonchev–Trinajstić information content (AvgIpc) is 2.39. The van der Waals surface area contributed by atoms with Gasteiger partial charge in [-0.1, -0.05) is 11.6 Å². The Morgan fingerprint density at radius 1 is 1.35 bits per heavy atom. The Bertz CT molecular complexity index is 330. The number of carbonyl (C=O) groups excluding carboxylic acids is 2. The van der Waals surface area contributed by atoms with E-state index in [4.69, 9.17) is 0 Å². The maximum atomic E-state index is 11.4. The molecule has 94 valence electrons. The minimum absolute atomic E-state index is 0.416. The van der Waals surface area contributed by atoms with Gasteiger partial charge in [-0.15, -0.1) is 0 Å². The number of rotatable bonds is 5. The van der Waals surface area contributed by atoms with Crippen LogP contribution in [-0.4, -0.2) is 38.9 Å². The van der Waals surface area contributed by atoms with E-state index in [0.29, 0.717) is 19.4 Å². The third-order valence-electron chi connectivity index (χ3n) is 2.69. The minimum Gasteiger partial charge on any atom is -0.468 e. The minimum atomic E-state index is -0.829.